The number of Topliss-reactive ketones (excluding diaryl/α,β-unsaturated/α-hetero) is 1. The molecule has 2 aliphatic carbocycles. The number of ketones is 1. The summed E-state index contributed by atoms with van der Waals surface area (Å²) in [6, 6.07) is 0. The van der Waals surface area contributed by atoms with E-state index in [2.05, 4.69) is 13.2 Å². The van der Waals surface area contributed by atoms with Crippen LogP contribution in [0.4, 0.5) is 0 Å². The molecule has 0 amide bonds. The molecule has 21 heavy (non-hydrogen) atoms. The van der Waals surface area contributed by atoms with Crippen LogP contribution in [0.3, 0.4) is 0 Å². The molecule has 0 radical (unpaired) electrons. The van der Waals surface area contributed by atoms with Gasteiger partial charge in [0.2, 0.25) is 0 Å². The molecule has 0 aromatic heterocycles. The Hall–Kier alpha value is -0.970. The molecule has 4 nitrogen and oxygen atoms in total. The van der Waals surface area contributed by atoms with Gasteiger partial charge in [-0.15, -0.1) is 13.2 Å². The molecule has 1 aliphatic heterocycles. The number of carbonyl (C=O) groups excluding carboxylic acids is 1. The quantitative estimate of drug-likeness (QED) is 0.577. The largest absolute Gasteiger partial charge is 0.376 e. The number of rotatable bonds is 5. The van der Waals surface area contributed by atoms with E-state index in [9.17, 15) is 4.79 Å². The molecule has 3 fully saturated rings. The van der Waals surface area contributed by atoms with Gasteiger partial charge in [-0.2, -0.15) is 0 Å². The van der Waals surface area contributed by atoms with Crippen LogP contribution < -0.4 is 0 Å². The minimum atomic E-state index is -0.737. The van der Waals surface area contributed by atoms with E-state index in [0.29, 0.717) is 32.8 Å². The Morgan fingerprint density at radius 3 is 2.71 bits per heavy atom. The average molecular weight is 292 g/mol. The monoisotopic (exact) mass is 292 g/mol. The second-order valence-corrected chi connectivity index (χ2v) is 6.34. The molecule has 1 heterocycles. The van der Waals surface area contributed by atoms with Crippen molar-refractivity contribution in [2.24, 2.45) is 17.3 Å². The van der Waals surface area contributed by atoms with Crippen LogP contribution in [0.15, 0.2) is 25.3 Å². The van der Waals surface area contributed by atoms with Gasteiger partial charge in [-0.3, -0.25) is 4.79 Å². The molecule has 3 rings (SSSR count). The zero-order valence-corrected chi connectivity index (χ0v) is 12.5. The summed E-state index contributed by atoms with van der Waals surface area (Å²) in [5.74, 6) is -0.480. The zero-order valence-electron chi connectivity index (χ0n) is 12.5. The van der Waals surface area contributed by atoms with Gasteiger partial charge in [0.1, 0.15) is 5.78 Å². The van der Waals surface area contributed by atoms with Crippen LogP contribution in [0.25, 0.3) is 0 Å². The van der Waals surface area contributed by atoms with E-state index in [1.54, 1.807) is 6.08 Å². The Morgan fingerprint density at radius 1 is 1.29 bits per heavy atom. The zero-order chi connectivity index (χ0) is 14.9. The maximum atomic E-state index is 12.7. The molecule has 0 aromatic carbocycles. The average Bonchev–Trinajstić information content (AvgIpc) is 2.94. The van der Waals surface area contributed by atoms with Gasteiger partial charge in [-0.05, 0) is 12.8 Å². The molecule has 2 saturated carbocycles. The van der Waals surface area contributed by atoms with Crippen LogP contribution in [0.1, 0.15) is 25.7 Å². The smallest absolute Gasteiger partial charge is 0.181 e. The highest BCUT2D eigenvalue weighted by molar-refractivity contribution is 5.84. The Morgan fingerprint density at radius 2 is 2.05 bits per heavy atom. The molecule has 3 aliphatic rings. The first-order valence-corrected chi connectivity index (χ1v) is 7.81. The van der Waals surface area contributed by atoms with Crippen molar-refractivity contribution in [1.29, 1.82) is 0 Å². The lowest BCUT2D eigenvalue weighted by Crippen LogP contribution is -2.63. The fourth-order valence-electron chi connectivity index (χ4n) is 4.42. The lowest BCUT2D eigenvalue weighted by Gasteiger charge is -2.56. The van der Waals surface area contributed by atoms with Crippen LogP contribution >= 0.6 is 0 Å². The van der Waals surface area contributed by atoms with Crippen LogP contribution in [0.2, 0.25) is 0 Å². The first-order valence-electron chi connectivity index (χ1n) is 7.81. The van der Waals surface area contributed by atoms with Gasteiger partial charge in [0.05, 0.1) is 32.3 Å². The van der Waals surface area contributed by atoms with E-state index >= 15 is 0 Å². The minimum Gasteiger partial charge on any atom is -0.376 e. The fourth-order valence-corrected chi connectivity index (χ4v) is 4.42. The van der Waals surface area contributed by atoms with Crippen molar-refractivity contribution in [3.63, 3.8) is 0 Å². The summed E-state index contributed by atoms with van der Waals surface area (Å²) in [7, 11) is 0. The van der Waals surface area contributed by atoms with E-state index in [1.165, 1.54) is 0 Å². The Bertz CT molecular complexity index is 438. The maximum absolute atomic E-state index is 12.7. The summed E-state index contributed by atoms with van der Waals surface area (Å²) in [6.07, 6.45) is 7.00. The van der Waals surface area contributed by atoms with Gasteiger partial charge in [-0.1, -0.05) is 18.6 Å². The third-order valence-electron chi connectivity index (χ3n) is 5.29. The molecule has 0 unspecified atom stereocenters. The summed E-state index contributed by atoms with van der Waals surface area (Å²) in [5.41, 5.74) is -0.388. The summed E-state index contributed by atoms with van der Waals surface area (Å²) in [4.78, 5) is 12.7. The van der Waals surface area contributed by atoms with E-state index in [1.807, 2.05) is 6.08 Å². The molecular weight excluding hydrogens is 268 g/mol. The van der Waals surface area contributed by atoms with E-state index in [-0.39, 0.29) is 23.0 Å². The molecular formula is C17H24O4. The highest BCUT2D eigenvalue weighted by Crippen LogP contribution is 2.58. The predicted octanol–water partition coefficient (Wildman–Crippen LogP) is 2.49. The van der Waals surface area contributed by atoms with Crippen molar-refractivity contribution >= 4 is 5.78 Å². The fraction of sp³-hybridized carbons (Fsp3) is 0.706. The van der Waals surface area contributed by atoms with E-state index in [0.717, 1.165) is 19.3 Å². The van der Waals surface area contributed by atoms with Gasteiger partial charge in [0.15, 0.2) is 5.79 Å². The number of ether oxygens (including phenoxy) is 3. The van der Waals surface area contributed by atoms with Crippen molar-refractivity contribution in [3.05, 3.63) is 25.3 Å². The highest BCUT2D eigenvalue weighted by Gasteiger charge is 2.64. The number of carbonyl (C=O) groups is 1. The Labute approximate surface area is 126 Å². The maximum Gasteiger partial charge on any atom is 0.181 e. The number of hydrogen-bond donors (Lipinski definition) is 0. The topological polar surface area (TPSA) is 44.8 Å². The van der Waals surface area contributed by atoms with Crippen LogP contribution in [0, 0.1) is 17.3 Å². The van der Waals surface area contributed by atoms with Gasteiger partial charge in [-0.25, -0.2) is 0 Å². The molecule has 3 atom stereocenters. The SMILES string of the molecule is C=CCOC[C@@]1(C=C)CC(=O)[C@H]2CCC[C@@H]1C21OCCO1. The van der Waals surface area contributed by atoms with E-state index in [4.69, 9.17) is 14.2 Å². The van der Waals surface area contributed by atoms with Crippen molar-refractivity contribution in [1.82, 2.24) is 0 Å². The second-order valence-electron chi connectivity index (χ2n) is 6.34. The first kappa shape index (κ1) is 14.9. The van der Waals surface area contributed by atoms with Gasteiger partial charge in [0, 0.05) is 17.8 Å². The normalized spacial score (nSPS) is 37.6. The lowest BCUT2D eigenvalue weighted by molar-refractivity contribution is -0.276. The predicted molar refractivity (Wildman–Crippen MR) is 78.7 cm³/mol. The van der Waals surface area contributed by atoms with Gasteiger partial charge in [0.25, 0.3) is 0 Å². The van der Waals surface area contributed by atoms with Crippen molar-refractivity contribution in [2.75, 3.05) is 26.4 Å². The second kappa shape index (κ2) is 5.67. The molecule has 2 bridgehead atoms. The molecule has 4 heteroatoms. The highest BCUT2D eigenvalue weighted by atomic mass is 16.7. The summed E-state index contributed by atoms with van der Waals surface area (Å²) >= 11 is 0. The minimum absolute atomic E-state index is 0.119. The summed E-state index contributed by atoms with van der Waals surface area (Å²) < 4.78 is 17.7. The van der Waals surface area contributed by atoms with Gasteiger partial charge < -0.3 is 14.2 Å². The van der Waals surface area contributed by atoms with Crippen LogP contribution in [-0.2, 0) is 19.0 Å². The molecule has 1 spiro atoms. The first-order chi connectivity index (χ1) is 10.2. The van der Waals surface area contributed by atoms with E-state index < -0.39 is 5.79 Å². The Balaban J connectivity index is 1.94. The Kier molecular flexibility index (Phi) is 4.04. The summed E-state index contributed by atoms with van der Waals surface area (Å²) in [6.45, 7) is 9.77. The van der Waals surface area contributed by atoms with Crippen LogP contribution in [0.5, 0.6) is 0 Å². The third-order valence-corrected chi connectivity index (χ3v) is 5.29. The summed E-state index contributed by atoms with van der Waals surface area (Å²) in [5, 5.41) is 0. The standard InChI is InChI=1S/C17H24O4/c1-3-8-19-12-16(4-2)11-14(18)13-6-5-7-15(16)17(13)20-9-10-21-17/h3-4,13,15H,1-2,5-12H2/t13-,15+,16-/m1/s1. The van der Waals surface area contributed by atoms with Gasteiger partial charge >= 0.3 is 0 Å². The molecule has 1 saturated heterocycles. The molecule has 0 N–H and O–H groups in total. The molecule has 116 valence electrons. The van der Waals surface area contributed by atoms with Crippen molar-refractivity contribution < 1.29 is 19.0 Å². The van der Waals surface area contributed by atoms with Crippen LogP contribution in [-0.4, -0.2) is 38.0 Å². The van der Waals surface area contributed by atoms with Crippen molar-refractivity contribution in [3.8, 4) is 0 Å². The lowest BCUT2D eigenvalue weighted by atomic mass is 9.54. The third kappa shape index (κ3) is 2.20. The van der Waals surface area contributed by atoms with Crippen molar-refractivity contribution in [2.45, 2.75) is 31.5 Å². The molecule has 0 aromatic rings. The number of hydrogen-bond acceptors (Lipinski definition) is 4.